The Labute approximate surface area is 130 Å². The van der Waals surface area contributed by atoms with Crippen molar-refractivity contribution < 1.29 is 0 Å². The lowest BCUT2D eigenvalue weighted by Gasteiger charge is -2.47. The van der Waals surface area contributed by atoms with Crippen LogP contribution in [0.1, 0.15) is 51.1 Å². The molecule has 2 nitrogen and oxygen atoms in total. The second-order valence-electron chi connectivity index (χ2n) is 5.79. The third-order valence-corrected chi connectivity index (χ3v) is 5.41. The lowest BCUT2D eigenvalue weighted by Crippen LogP contribution is -2.54. The van der Waals surface area contributed by atoms with Crippen molar-refractivity contribution >= 4 is 22.6 Å². The molecule has 1 aromatic rings. The van der Waals surface area contributed by atoms with E-state index in [4.69, 9.17) is 5.73 Å². The van der Waals surface area contributed by atoms with E-state index in [1.54, 1.807) is 0 Å². The van der Waals surface area contributed by atoms with Crippen molar-refractivity contribution in [2.45, 2.75) is 51.1 Å². The number of hydrogen-bond acceptors (Lipinski definition) is 2. The van der Waals surface area contributed by atoms with E-state index in [1.807, 2.05) is 0 Å². The molecule has 1 saturated heterocycles. The first-order chi connectivity index (χ1) is 9.08. The average Bonchev–Trinajstić information content (AvgIpc) is 2.47. The number of piperidine rings is 1. The van der Waals surface area contributed by atoms with Gasteiger partial charge in [0, 0.05) is 15.2 Å². The second kappa shape index (κ2) is 6.55. The molecule has 0 bridgehead atoms. The molecular formula is C16H25IN2. The third-order valence-electron chi connectivity index (χ3n) is 4.69. The van der Waals surface area contributed by atoms with Crippen molar-refractivity contribution in [2.24, 2.45) is 5.73 Å². The Morgan fingerprint density at radius 2 is 1.79 bits per heavy atom. The first-order valence-corrected chi connectivity index (χ1v) is 8.42. The SMILES string of the molecule is CCC(C)(C(N)c1ccc(I)cc1)N1CCCCC1. The molecule has 1 aliphatic rings. The Morgan fingerprint density at radius 3 is 2.32 bits per heavy atom. The van der Waals surface area contributed by atoms with E-state index in [0.29, 0.717) is 0 Å². The van der Waals surface area contributed by atoms with E-state index >= 15 is 0 Å². The number of nitrogens with zero attached hydrogens (tertiary/aromatic N) is 1. The Kier molecular flexibility index (Phi) is 5.26. The normalized spacial score (nSPS) is 21.9. The minimum atomic E-state index is 0.0766. The van der Waals surface area contributed by atoms with Crippen LogP contribution in [-0.2, 0) is 0 Å². The average molecular weight is 372 g/mol. The first-order valence-electron chi connectivity index (χ1n) is 7.34. The van der Waals surface area contributed by atoms with Crippen LogP contribution < -0.4 is 5.73 Å². The maximum atomic E-state index is 6.62. The van der Waals surface area contributed by atoms with Crippen LogP contribution in [0.25, 0.3) is 0 Å². The van der Waals surface area contributed by atoms with Gasteiger partial charge in [0.25, 0.3) is 0 Å². The summed E-state index contributed by atoms with van der Waals surface area (Å²) in [4.78, 5) is 2.61. The van der Waals surface area contributed by atoms with E-state index in [-0.39, 0.29) is 11.6 Å². The quantitative estimate of drug-likeness (QED) is 0.812. The van der Waals surface area contributed by atoms with E-state index in [2.05, 4.69) is 65.6 Å². The lowest BCUT2D eigenvalue weighted by molar-refractivity contribution is 0.0542. The number of halogens is 1. The fraction of sp³-hybridized carbons (Fsp3) is 0.625. The highest BCUT2D eigenvalue weighted by molar-refractivity contribution is 14.1. The molecular weight excluding hydrogens is 347 g/mol. The summed E-state index contributed by atoms with van der Waals surface area (Å²) in [6, 6.07) is 8.77. The van der Waals surface area contributed by atoms with Gasteiger partial charge in [0.2, 0.25) is 0 Å². The van der Waals surface area contributed by atoms with E-state index < -0.39 is 0 Å². The smallest absolute Gasteiger partial charge is 0.0479 e. The number of benzene rings is 1. The van der Waals surface area contributed by atoms with Crippen molar-refractivity contribution in [3.63, 3.8) is 0 Å². The Hall–Kier alpha value is -0.130. The molecule has 2 unspecified atom stereocenters. The van der Waals surface area contributed by atoms with Gasteiger partial charge in [-0.05, 0) is 79.6 Å². The van der Waals surface area contributed by atoms with Crippen molar-refractivity contribution in [2.75, 3.05) is 13.1 Å². The maximum Gasteiger partial charge on any atom is 0.0479 e. The zero-order valence-electron chi connectivity index (χ0n) is 12.0. The Morgan fingerprint density at radius 1 is 1.21 bits per heavy atom. The summed E-state index contributed by atoms with van der Waals surface area (Å²) in [5.74, 6) is 0. The van der Waals surface area contributed by atoms with Crippen LogP contribution in [0.2, 0.25) is 0 Å². The summed E-state index contributed by atoms with van der Waals surface area (Å²) in [5.41, 5.74) is 7.96. The second-order valence-corrected chi connectivity index (χ2v) is 7.03. The molecule has 1 aliphatic heterocycles. The Bertz CT molecular complexity index is 398. The highest BCUT2D eigenvalue weighted by Crippen LogP contribution is 2.34. The van der Waals surface area contributed by atoms with Crippen LogP contribution in [0.3, 0.4) is 0 Å². The molecule has 0 spiro atoms. The number of rotatable bonds is 4. The number of nitrogens with two attached hydrogens (primary N) is 1. The summed E-state index contributed by atoms with van der Waals surface area (Å²) < 4.78 is 1.27. The fourth-order valence-electron chi connectivity index (χ4n) is 3.07. The molecule has 0 saturated carbocycles. The van der Waals surface area contributed by atoms with Crippen molar-refractivity contribution in [1.29, 1.82) is 0 Å². The minimum Gasteiger partial charge on any atom is -0.322 e. The molecule has 1 fully saturated rings. The largest absolute Gasteiger partial charge is 0.322 e. The fourth-order valence-corrected chi connectivity index (χ4v) is 3.43. The zero-order valence-corrected chi connectivity index (χ0v) is 14.2. The van der Waals surface area contributed by atoms with Crippen LogP contribution in [0.15, 0.2) is 24.3 Å². The van der Waals surface area contributed by atoms with Gasteiger partial charge in [-0.25, -0.2) is 0 Å². The summed E-state index contributed by atoms with van der Waals surface area (Å²) in [6.07, 6.45) is 5.10. The molecule has 2 atom stereocenters. The molecule has 19 heavy (non-hydrogen) atoms. The lowest BCUT2D eigenvalue weighted by atomic mass is 9.82. The molecule has 0 radical (unpaired) electrons. The van der Waals surface area contributed by atoms with Gasteiger partial charge in [0.15, 0.2) is 0 Å². The maximum absolute atomic E-state index is 6.62. The molecule has 3 heteroatoms. The molecule has 106 valence electrons. The molecule has 0 aromatic heterocycles. The molecule has 0 amide bonds. The van der Waals surface area contributed by atoms with Gasteiger partial charge >= 0.3 is 0 Å². The van der Waals surface area contributed by atoms with E-state index in [1.165, 1.54) is 41.5 Å². The molecule has 2 N–H and O–H groups in total. The van der Waals surface area contributed by atoms with E-state index in [0.717, 1.165) is 6.42 Å². The predicted molar refractivity (Wildman–Crippen MR) is 90.2 cm³/mol. The topological polar surface area (TPSA) is 29.3 Å². The van der Waals surface area contributed by atoms with Gasteiger partial charge in [0.1, 0.15) is 0 Å². The molecule has 2 rings (SSSR count). The number of likely N-dealkylation sites (tertiary alicyclic amines) is 1. The zero-order chi connectivity index (χ0) is 13.9. The number of hydrogen-bond donors (Lipinski definition) is 1. The summed E-state index contributed by atoms with van der Waals surface area (Å²) >= 11 is 2.34. The van der Waals surface area contributed by atoms with Crippen molar-refractivity contribution in [3.8, 4) is 0 Å². The first kappa shape index (κ1) is 15.3. The third kappa shape index (κ3) is 3.31. The molecule has 1 heterocycles. The van der Waals surface area contributed by atoms with Crippen LogP contribution in [0.5, 0.6) is 0 Å². The van der Waals surface area contributed by atoms with Gasteiger partial charge in [-0.15, -0.1) is 0 Å². The van der Waals surface area contributed by atoms with Gasteiger partial charge in [-0.2, -0.15) is 0 Å². The monoisotopic (exact) mass is 372 g/mol. The van der Waals surface area contributed by atoms with Crippen molar-refractivity contribution in [3.05, 3.63) is 33.4 Å². The van der Waals surface area contributed by atoms with E-state index in [9.17, 15) is 0 Å². The highest BCUT2D eigenvalue weighted by Gasteiger charge is 2.37. The highest BCUT2D eigenvalue weighted by atomic mass is 127. The van der Waals surface area contributed by atoms with Crippen LogP contribution >= 0.6 is 22.6 Å². The standard InChI is InChI=1S/C16H25IN2/c1-3-16(2,19-11-5-4-6-12-19)15(18)13-7-9-14(17)10-8-13/h7-10,15H,3-6,11-12,18H2,1-2H3. The van der Waals surface area contributed by atoms with Gasteiger partial charge in [-0.3, -0.25) is 4.90 Å². The summed E-state index contributed by atoms with van der Waals surface area (Å²) in [7, 11) is 0. The van der Waals surface area contributed by atoms with Gasteiger partial charge in [0.05, 0.1) is 0 Å². The minimum absolute atomic E-state index is 0.0766. The van der Waals surface area contributed by atoms with Crippen LogP contribution in [0.4, 0.5) is 0 Å². The van der Waals surface area contributed by atoms with Crippen molar-refractivity contribution in [1.82, 2.24) is 4.90 Å². The van der Waals surface area contributed by atoms with Gasteiger partial charge in [-0.1, -0.05) is 25.5 Å². The summed E-state index contributed by atoms with van der Waals surface area (Å²) in [5, 5.41) is 0. The predicted octanol–water partition coefficient (Wildman–Crippen LogP) is 3.95. The van der Waals surface area contributed by atoms with Gasteiger partial charge < -0.3 is 5.73 Å². The summed E-state index contributed by atoms with van der Waals surface area (Å²) in [6.45, 7) is 6.99. The Balaban J connectivity index is 2.21. The molecule has 1 aromatic carbocycles. The molecule has 0 aliphatic carbocycles. The van der Waals surface area contributed by atoms with Crippen LogP contribution in [-0.4, -0.2) is 23.5 Å². The van der Waals surface area contributed by atoms with Crippen LogP contribution in [0, 0.1) is 3.57 Å².